The fourth-order valence-corrected chi connectivity index (χ4v) is 2.69. The highest BCUT2D eigenvalue weighted by Gasteiger charge is 2.10. The molecule has 0 aliphatic rings. The summed E-state index contributed by atoms with van der Waals surface area (Å²) in [5.41, 5.74) is 1.26. The van der Waals surface area contributed by atoms with E-state index in [1.165, 1.54) is 0 Å². The number of rotatable bonds is 6. The Kier molecular flexibility index (Phi) is 5.53. The number of ether oxygens (including phenoxy) is 2. The van der Waals surface area contributed by atoms with E-state index in [0.29, 0.717) is 35.6 Å². The molecular weight excluding hydrogens is 342 g/mol. The molecule has 6 heteroatoms. The number of allylic oxidation sites excluding steroid dienone is 1. The lowest BCUT2D eigenvalue weighted by Gasteiger charge is -2.11. The Morgan fingerprint density at radius 3 is 2.63 bits per heavy atom. The van der Waals surface area contributed by atoms with Crippen molar-refractivity contribution in [1.82, 2.24) is 9.97 Å². The summed E-state index contributed by atoms with van der Waals surface area (Å²) in [5, 5.41) is 10.1. The van der Waals surface area contributed by atoms with E-state index in [4.69, 9.17) is 9.47 Å². The summed E-state index contributed by atoms with van der Waals surface area (Å²) in [4.78, 5) is 19.3. The van der Waals surface area contributed by atoms with Crippen molar-refractivity contribution < 1.29 is 9.47 Å². The van der Waals surface area contributed by atoms with Gasteiger partial charge in [0.1, 0.15) is 6.07 Å². The largest absolute Gasteiger partial charge is 0.490 e. The van der Waals surface area contributed by atoms with E-state index < -0.39 is 0 Å². The van der Waals surface area contributed by atoms with Gasteiger partial charge in [0.15, 0.2) is 17.3 Å². The summed E-state index contributed by atoms with van der Waals surface area (Å²) in [6.45, 7) is 4.82. The molecule has 0 saturated heterocycles. The quantitative estimate of drug-likeness (QED) is 0.675. The minimum Gasteiger partial charge on any atom is -0.490 e. The number of para-hydroxylation sites is 1. The number of nitriles is 1. The minimum absolute atomic E-state index is 0.230. The van der Waals surface area contributed by atoms with E-state index in [9.17, 15) is 10.1 Å². The van der Waals surface area contributed by atoms with Crippen molar-refractivity contribution in [2.24, 2.45) is 0 Å². The molecule has 0 unspecified atom stereocenters. The first kappa shape index (κ1) is 18.2. The van der Waals surface area contributed by atoms with Crippen LogP contribution in [0, 0.1) is 11.3 Å². The van der Waals surface area contributed by atoms with Crippen LogP contribution in [0.15, 0.2) is 47.3 Å². The van der Waals surface area contributed by atoms with E-state index >= 15 is 0 Å². The third-order valence-electron chi connectivity index (χ3n) is 3.87. The highest BCUT2D eigenvalue weighted by molar-refractivity contribution is 5.89. The van der Waals surface area contributed by atoms with Crippen LogP contribution in [-0.4, -0.2) is 23.2 Å². The smallest absolute Gasteiger partial charge is 0.259 e. The molecule has 0 bridgehead atoms. The monoisotopic (exact) mass is 361 g/mol. The number of aromatic nitrogens is 2. The summed E-state index contributed by atoms with van der Waals surface area (Å²) in [7, 11) is 0. The SMILES string of the molecule is CCOc1ccc(/C=C(\C#N)c2nc3ccccc3c(=O)[nH]2)cc1OCC. The molecule has 0 spiro atoms. The van der Waals surface area contributed by atoms with Gasteiger partial charge in [0, 0.05) is 0 Å². The van der Waals surface area contributed by atoms with Crippen LogP contribution in [0.25, 0.3) is 22.6 Å². The van der Waals surface area contributed by atoms with Gasteiger partial charge in [0.2, 0.25) is 0 Å². The van der Waals surface area contributed by atoms with Gasteiger partial charge >= 0.3 is 0 Å². The highest BCUT2D eigenvalue weighted by atomic mass is 16.5. The Morgan fingerprint density at radius 1 is 1.15 bits per heavy atom. The second-order valence-electron chi connectivity index (χ2n) is 5.67. The molecule has 6 nitrogen and oxygen atoms in total. The zero-order chi connectivity index (χ0) is 19.2. The topological polar surface area (TPSA) is 88.0 Å². The lowest BCUT2D eigenvalue weighted by atomic mass is 10.1. The number of nitrogens with one attached hydrogen (secondary N) is 1. The number of hydrogen-bond acceptors (Lipinski definition) is 5. The van der Waals surface area contributed by atoms with Crippen molar-refractivity contribution in [3.05, 3.63) is 64.2 Å². The fourth-order valence-electron chi connectivity index (χ4n) is 2.69. The van der Waals surface area contributed by atoms with Crippen molar-refractivity contribution in [3.8, 4) is 17.6 Å². The van der Waals surface area contributed by atoms with Crippen LogP contribution in [0.5, 0.6) is 11.5 Å². The fraction of sp³-hybridized carbons (Fsp3) is 0.190. The van der Waals surface area contributed by atoms with Gasteiger partial charge in [0.25, 0.3) is 5.56 Å². The lowest BCUT2D eigenvalue weighted by molar-refractivity contribution is 0.287. The van der Waals surface area contributed by atoms with Crippen LogP contribution in [-0.2, 0) is 0 Å². The van der Waals surface area contributed by atoms with Crippen LogP contribution in [0.1, 0.15) is 25.2 Å². The van der Waals surface area contributed by atoms with E-state index in [1.807, 2.05) is 19.9 Å². The van der Waals surface area contributed by atoms with Crippen LogP contribution in [0.4, 0.5) is 0 Å². The molecule has 0 atom stereocenters. The van der Waals surface area contributed by atoms with Crippen LogP contribution in [0.3, 0.4) is 0 Å². The number of nitrogens with zero attached hydrogens (tertiary/aromatic N) is 2. The minimum atomic E-state index is -0.279. The van der Waals surface area contributed by atoms with Gasteiger partial charge < -0.3 is 14.5 Å². The predicted molar refractivity (Wildman–Crippen MR) is 105 cm³/mol. The first-order valence-corrected chi connectivity index (χ1v) is 8.67. The normalized spacial score (nSPS) is 11.2. The average Bonchev–Trinajstić information content (AvgIpc) is 2.68. The molecule has 1 heterocycles. The summed E-state index contributed by atoms with van der Waals surface area (Å²) >= 11 is 0. The van der Waals surface area contributed by atoms with E-state index in [-0.39, 0.29) is 17.0 Å². The summed E-state index contributed by atoms with van der Waals surface area (Å²) < 4.78 is 11.2. The van der Waals surface area contributed by atoms with Crippen LogP contribution < -0.4 is 15.0 Å². The van der Waals surface area contributed by atoms with Gasteiger partial charge in [-0.15, -0.1) is 0 Å². The number of hydrogen-bond donors (Lipinski definition) is 1. The molecule has 136 valence electrons. The Labute approximate surface area is 156 Å². The zero-order valence-corrected chi connectivity index (χ0v) is 15.2. The molecule has 27 heavy (non-hydrogen) atoms. The maximum Gasteiger partial charge on any atom is 0.259 e. The number of benzene rings is 2. The first-order chi connectivity index (χ1) is 13.2. The van der Waals surface area contributed by atoms with Crippen molar-refractivity contribution >= 4 is 22.6 Å². The van der Waals surface area contributed by atoms with E-state index in [0.717, 1.165) is 5.56 Å². The highest BCUT2D eigenvalue weighted by Crippen LogP contribution is 2.30. The summed E-state index contributed by atoms with van der Waals surface area (Å²) in [6.07, 6.45) is 1.66. The number of H-pyrrole nitrogens is 1. The lowest BCUT2D eigenvalue weighted by Crippen LogP contribution is -2.11. The first-order valence-electron chi connectivity index (χ1n) is 8.67. The van der Waals surface area contributed by atoms with Gasteiger partial charge in [0.05, 0.1) is 29.7 Å². The van der Waals surface area contributed by atoms with E-state index in [2.05, 4.69) is 16.0 Å². The average molecular weight is 361 g/mol. The maximum atomic E-state index is 12.3. The summed E-state index contributed by atoms with van der Waals surface area (Å²) in [5.74, 6) is 1.48. The Hall–Kier alpha value is -3.59. The Balaban J connectivity index is 2.06. The standard InChI is InChI=1S/C21H19N3O3/c1-3-26-18-10-9-14(12-19(18)27-4-2)11-15(13-22)20-23-17-8-6-5-7-16(17)21(25)24-20/h5-12H,3-4H2,1-2H3,(H,23,24,25)/b15-11+. The van der Waals surface area contributed by atoms with Gasteiger partial charge in [-0.3, -0.25) is 4.79 Å². The van der Waals surface area contributed by atoms with Gasteiger partial charge in [-0.25, -0.2) is 4.98 Å². The molecule has 3 aromatic rings. The molecule has 0 saturated carbocycles. The maximum absolute atomic E-state index is 12.3. The van der Waals surface area contributed by atoms with Gasteiger partial charge in [-0.05, 0) is 49.8 Å². The third kappa shape index (κ3) is 3.98. The Morgan fingerprint density at radius 2 is 1.89 bits per heavy atom. The van der Waals surface area contributed by atoms with Gasteiger partial charge in [-0.1, -0.05) is 18.2 Å². The molecule has 0 amide bonds. The number of fused-ring (bicyclic) bond motifs is 1. The van der Waals surface area contributed by atoms with Gasteiger partial charge in [-0.2, -0.15) is 5.26 Å². The third-order valence-corrected chi connectivity index (χ3v) is 3.87. The molecule has 1 N–H and O–H groups in total. The molecule has 0 aliphatic heterocycles. The van der Waals surface area contributed by atoms with E-state index in [1.54, 1.807) is 42.5 Å². The Bertz CT molecular complexity index is 1090. The van der Waals surface area contributed by atoms with Crippen molar-refractivity contribution in [1.29, 1.82) is 5.26 Å². The second kappa shape index (κ2) is 8.19. The molecular formula is C21H19N3O3. The molecule has 0 aliphatic carbocycles. The molecule has 0 fully saturated rings. The van der Waals surface area contributed by atoms with Crippen molar-refractivity contribution in [2.75, 3.05) is 13.2 Å². The second-order valence-corrected chi connectivity index (χ2v) is 5.67. The zero-order valence-electron chi connectivity index (χ0n) is 15.2. The molecule has 1 aromatic heterocycles. The van der Waals surface area contributed by atoms with Crippen molar-refractivity contribution in [3.63, 3.8) is 0 Å². The van der Waals surface area contributed by atoms with Crippen molar-refractivity contribution in [2.45, 2.75) is 13.8 Å². The van der Waals surface area contributed by atoms with Crippen LogP contribution in [0.2, 0.25) is 0 Å². The molecule has 3 rings (SSSR count). The molecule has 2 aromatic carbocycles. The van der Waals surface area contributed by atoms with Crippen LogP contribution >= 0.6 is 0 Å². The summed E-state index contributed by atoms with van der Waals surface area (Å²) in [6, 6.07) is 14.5. The number of aromatic amines is 1. The molecule has 0 radical (unpaired) electrons. The predicted octanol–water partition coefficient (Wildman–Crippen LogP) is 3.78.